The van der Waals surface area contributed by atoms with Crippen LogP contribution in [0.25, 0.3) is 0 Å². The van der Waals surface area contributed by atoms with E-state index in [1.54, 1.807) is 24.4 Å². The predicted octanol–water partition coefficient (Wildman–Crippen LogP) is 2.05. The second-order valence-corrected chi connectivity index (χ2v) is 3.63. The Balaban J connectivity index is 2.05. The van der Waals surface area contributed by atoms with Crippen LogP contribution < -0.4 is 11.1 Å². The molecule has 0 radical (unpaired) electrons. The third-order valence-electron chi connectivity index (χ3n) is 2.28. The van der Waals surface area contributed by atoms with Gasteiger partial charge in [-0.2, -0.15) is 5.26 Å². The first kappa shape index (κ1) is 11.0. The molecule has 1 aromatic heterocycles. The van der Waals surface area contributed by atoms with Crippen molar-refractivity contribution in [3.8, 4) is 6.07 Å². The molecule has 0 saturated heterocycles. The number of oxazole rings is 1. The number of nitrogens with zero attached hydrogens (tertiary/aromatic N) is 2. The molecule has 2 rings (SSSR count). The van der Waals surface area contributed by atoms with Crippen LogP contribution in [-0.4, -0.2) is 4.98 Å². The Morgan fingerprint density at radius 2 is 2.35 bits per heavy atom. The summed E-state index contributed by atoms with van der Waals surface area (Å²) in [4.78, 5) is 4.07. The summed E-state index contributed by atoms with van der Waals surface area (Å²) in [6, 6.07) is 7.21. The van der Waals surface area contributed by atoms with Crippen LogP contribution in [0.1, 0.15) is 17.2 Å². The number of nitriles is 1. The monoisotopic (exact) mass is 228 g/mol. The van der Waals surface area contributed by atoms with Crippen LogP contribution in [-0.2, 0) is 6.54 Å². The first-order valence-corrected chi connectivity index (χ1v) is 5.14. The molecule has 0 unspecified atom stereocenters. The molecule has 0 spiro atoms. The second kappa shape index (κ2) is 4.58. The summed E-state index contributed by atoms with van der Waals surface area (Å²) < 4.78 is 5.32. The summed E-state index contributed by atoms with van der Waals surface area (Å²) in [6.45, 7) is 2.33. The number of anilines is 2. The van der Waals surface area contributed by atoms with Gasteiger partial charge in [0.2, 0.25) is 5.89 Å². The van der Waals surface area contributed by atoms with Crippen LogP contribution >= 0.6 is 0 Å². The van der Waals surface area contributed by atoms with Crippen molar-refractivity contribution in [3.05, 3.63) is 41.6 Å². The van der Waals surface area contributed by atoms with Crippen molar-refractivity contribution in [2.45, 2.75) is 13.5 Å². The smallest absolute Gasteiger partial charge is 0.213 e. The lowest BCUT2D eigenvalue weighted by Gasteiger charge is -2.05. The van der Waals surface area contributed by atoms with E-state index in [1.165, 1.54) is 0 Å². The van der Waals surface area contributed by atoms with E-state index in [1.807, 2.05) is 13.0 Å². The zero-order valence-electron chi connectivity index (χ0n) is 9.40. The number of rotatable bonds is 3. The quantitative estimate of drug-likeness (QED) is 0.785. The number of hydrogen-bond donors (Lipinski definition) is 2. The van der Waals surface area contributed by atoms with Crippen LogP contribution in [0.3, 0.4) is 0 Å². The summed E-state index contributed by atoms with van der Waals surface area (Å²) >= 11 is 0. The van der Waals surface area contributed by atoms with Gasteiger partial charge in [0.25, 0.3) is 0 Å². The number of nitrogen functional groups attached to an aromatic ring is 1. The van der Waals surface area contributed by atoms with E-state index in [0.717, 1.165) is 11.4 Å². The molecule has 3 N–H and O–H groups in total. The standard InChI is InChI=1S/C12H12N4O/c1-8-6-16-12(17-8)7-15-10-3-2-9(5-13)11(14)4-10/h2-4,6,15H,7,14H2,1H3. The van der Waals surface area contributed by atoms with Crippen molar-refractivity contribution in [1.82, 2.24) is 4.98 Å². The number of hydrogen-bond acceptors (Lipinski definition) is 5. The van der Waals surface area contributed by atoms with Crippen molar-refractivity contribution in [1.29, 1.82) is 5.26 Å². The predicted molar refractivity (Wildman–Crippen MR) is 64.1 cm³/mol. The zero-order chi connectivity index (χ0) is 12.3. The maximum absolute atomic E-state index is 8.74. The molecule has 0 bridgehead atoms. The molecular formula is C12H12N4O. The van der Waals surface area contributed by atoms with Crippen molar-refractivity contribution in [3.63, 3.8) is 0 Å². The molecule has 86 valence electrons. The van der Waals surface area contributed by atoms with E-state index in [2.05, 4.69) is 10.3 Å². The van der Waals surface area contributed by atoms with Crippen LogP contribution in [0.2, 0.25) is 0 Å². The van der Waals surface area contributed by atoms with Gasteiger partial charge in [-0.1, -0.05) is 0 Å². The van der Waals surface area contributed by atoms with Gasteiger partial charge >= 0.3 is 0 Å². The van der Waals surface area contributed by atoms with Gasteiger partial charge in [0, 0.05) is 5.69 Å². The molecule has 0 fully saturated rings. The maximum Gasteiger partial charge on any atom is 0.213 e. The zero-order valence-corrected chi connectivity index (χ0v) is 9.40. The van der Waals surface area contributed by atoms with Crippen molar-refractivity contribution >= 4 is 11.4 Å². The normalized spacial score (nSPS) is 9.88. The molecule has 1 aromatic carbocycles. The minimum Gasteiger partial charge on any atom is -0.444 e. The van der Waals surface area contributed by atoms with E-state index in [9.17, 15) is 0 Å². The van der Waals surface area contributed by atoms with Crippen molar-refractivity contribution in [2.24, 2.45) is 0 Å². The largest absolute Gasteiger partial charge is 0.444 e. The Hall–Kier alpha value is -2.48. The Bertz CT molecular complexity index is 568. The number of nitrogens with one attached hydrogen (secondary N) is 1. The van der Waals surface area contributed by atoms with Gasteiger partial charge in [-0.05, 0) is 25.1 Å². The van der Waals surface area contributed by atoms with Gasteiger partial charge in [0.1, 0.15) is 11.8 Å². The highest BCUT2D eigenvalue weighted by atomic mass is 16.4. The molecule has 0 saturated carbocycles. The number of aromatic nitrogens is 1. The lowest BCUT2D eigenvalue weighted by atomic mass is 10.2. The topological polar surface area (TPSA) is 87.9 Å². The molecule has 0 amide bonds. The van der Waals surface area contributed by atoms with Crippen LogP contribution in [0, 0.1) is 18.3 Å². The van der Waals surface area contributed by atoms with Crippen LogP contribution in [0.4, 0.5) is 11.4 Å². The summed E-state index contributed by atoms with van der Waals surface area (Å²) in [5.74, 6) is 1.39. The third kappa shape index (κ3) is 2.55. The molecule has 17 heavy (non-hydrogen) atoms. The van der Waals surface area contributed by atoms with Gasteiger partial charge in [-0.25, -0.2) is 4.98 Å². The van der Waals surface area contributed by atoms with Crippen LogP contribution in [0.15, 0.2) is 28.8 Å². The molecule has 0 aliphatic heterocycles. The molecule has 0 aliphatic rings. The highest BCUT2D eigenvalue weighted by Gasteiger charge is 2.02. The van der Waals surface area contributed by atoms with E-state index in [0.29, 0.717) is 23.7 Å². The number of benzene rings is 1. The van der Waals surface area contributed by atoms with E-state index in [4.69, 9.17) is 15.4 Å². The Kier molecular flexibility index (Phi) is 2.97. The minimum absolute atomic E-state index is 0.459. The molecule has 5 nitrogen and oxygen atoms in total. The van der Waals surface area contributed by atoms with E-state index >= 15 is 0 Å². The first-order chi connectivity index (χ1) is 8.19. The SMILES string of the molecule is Cc1cnc(CNc2ccc(C#N)c(N)c2)o1. The maximum atomic E-state index is 8.74. The van der Waals surface area contributed by atoms with Crippen molar-refractivity contribution < 1.29 is 4.42 Å². The fourth-order valence-corrected chi connectivity index (χ4v) is 1.44. The van der Waals surface area contributed by atoms with Gasteiger partial charge in [0.15, 0.2) is 0 Å². The van der Waals surface area contributed by atoms with Crippen LogP contribution in [0.5, 0.6) is 0 Å². The molecule has 1 heterocycles. The van der Waals surface area contributed by atoms with Crippen molar-refractivity contribution in [2.75, 3.05) is 11.1 Å². The fraction of sp³-hybridized carbons (Fsp3) is 0.167. The second-order valence-electron chi connectivity index (χ2n) is 3.63. The summed E-state index contributed by atoms with van der Waals surface area (Å²) in [5, 5.41) is 11.9. The summed E-state index contributed by atoms with van der Waals surface area (Å²) in [6.07, 6.45) is 1.67. The van der Waals surface area contributed by atoms with Gasteiger partial charge in [0.05, 0.1) is 24.0 Å². The average molecular weight is 228 g/mol. The Labute approximate surface area is 98.9 Å². The lowest BCUT2D eigenvalue weighted by Crippen LogP contribution is -2.00. The van der Waals surface area contributed by atoms with Gasteiger partial charge < -0.3 is 15.5 Å². The first-order valence-electron chi connectivity index (χ1n) is 5.14. The number of aryl methyl sites for hydroxylation is 1. The molecule has 0 atom stereocenters. The molecule has 0 aliphatic carbocycles. The highest BCUT2D eigenvalue weighted by Crippen LogP contribution is 2.17. The Morgan fingerprint density at radius 3 is 2.94 bits per heavy atom. The number of nitrogens with two attached hydrogens (primary N) is 1. The third-order valence-corrected chi connectivity index (χ3v) is 2.28. The van der Waals surface area contributed by atoms with Gasteiger partial charge in [-0.15, -0.1) is 0 Å². The summed E-state index contributed by atoms with van der Waals surface area (Å²) in [5.41, 5.74) is 7.47. The fourth-order valence-electron chi connectivity index (χ4n) is 1.44. The van der Waals surface area contributed by atoms with Gasteiger partial charge in [-0.3, -0.25) is 0 Å². The average Bonchev–Trinajstić information content (AvgIpc) is 2.73. The molecular weight excluding hydrogens is 216 g/mol. The lowest BCUT2D eigenvalue weighted by molar-refractivity contribution is 0.479. The van der Waals surface area contributed by atoms with E-state index in [-0.39, 0.29) is 0 Å². The highest BCUT2D eigenvalue weighted by molar-refractivity contribution is 5.62. The Morgan fingerprint density at radius 1 is 1.53 bits per heavy atom. The van der Waals surface area contributed by atoms with E-state index < -0.39 is 0 Å². The molecule has 2 aromatic rings. The molecule has 5 heteroatoms. The summed E-state index contributed by atoms with van der Waals surface area (Å²) in [7, 11) is 0. The minimum atomic E-state index is 0.459.